The van der Waals surface area contributed by atoms with Crippen LogP contribution < -0.4 is 15.4 Å². The number of hydrogen-bond donors (Lipinski definition) is 2. The van der Waals surface area contributed by atoms with Gasteiger partial charge in [-0.2, -0.15) is 0 Å². The summed E-state index contributed by atoms with van der Waals surface area (Å²) in [4.78, 5) is 32.6. The SMILES string of the molecule is CCOc1ccccc1Nc1cc(C(=O)Nc2ccc(C(C)=O)cc2)nc(C)n1. The summed E-state index contributed by atoms with van der Waals surface area (Å²) in [5, 5.41) is 5.96. The number of rotatable bonds is 7. The highest BCUT2D eigenvalue weighted by Gasteiger charge is 2.12. The lowest BCUT2D eigenvalue weighted by Gasteiger charge is -2.13. The van der Waals surface area contributed by atoms with Gasteiger partial charge in [0, 0.05) is 17.3 Å². The van der Waals surface area contributed by atoms with Gasteiger partial charge in [-0.3, -0.25) is 9.59 Å². The second kappa shape index (κ2) is 8.97. The maximum atomic E-state index is 12.6. The topological polar surface area (TPSA) is 93.2 Å². The molecule has 1 heterocycles. The summed E-state index contributed by atoms with van der Waals surface area (Å²) in [6.07, 6.45) is 0. The van der Waals surface area contributed by atoms with Gasteiger partial charge in [-0.25, -0.2) is 9.97 Å². The van der Waals surface area contributed by atoms with E-state index in [4.69, 9.17) is 4.74 Å². The molecule has 7 nitrogen and oxygen atoms in total. The zero-order valence-corrected chi connectivity index (χ0v) is 16.5. The van der Waals surface area contributed by atoms with Gasteiger partial charge in [0.1, 0.15) is 23.1 Å². The molecule has 3 rings (SSSR count). The molecule has 0 saturated heterocycles. The van der Waals surface area contributed by atoms with Crippen molar-refractivity contribution >= 4 is 28.9 Å². The number of ketones is 1. The number of benzene rings is 2. The number of hydrogen-bond acceptors (Lipinski definition) is 6. The summed E-state index contributed by atoms with van der Waals surface area (Å²) in [6.45, 7) is 5.67. The molecule has 0 fully saturated rings. The van der Waals surface area contributed by atoms with Crippen molar-refractivity contribution in [3.8, 4) is 5.75 Å². The predicted molar refractivity (Wildman–Crippen MR) is 112 cm³/mol. The molecule has 0 bridgehead atoms. The molecule has 0 aliphatic carbocycles. The van der Waals surface area contributed by atoms with Crippen LogP contribution in [0.1, 0.15) is 40.5 Å². The van der Waals surface area contributed by atoms with E-state index >= 15 is 0 Å². The summed E-state index contributed by atoms with van der Waals surface area (Å²) in [7, 11) is 0. The number of amides is 1. The number of nitrogens with one attached hydrogen (secondary N) is 2. The van der Waals surface area contributed by atoms with Gasteiger partial charge in [-0.1, -0.05) is 12.1 Å². The van der Waals surface area contributed by atoms with Crippen molar-refractivity contribution in [2.24, 2.45) is 0 Å². The van der Waals surface area contributed by atoms with E-state index in [-0.39, 0.29) is 17.4 Å². The van der Waals surface area contributed by atoms with Gasteiger partial charge in [0.25, 0.3) is 5.91 Å². The van der Waals surface area contributed by atoms with Crippen molar-refractivity contribution in [3.05, 3.63) is 71.7 Å². The Labute approximate surface area is 169 Å². The number of nitrogens with zero attached hydrogens (tertiary/aromatic N) is 2. The van der Waals surface area contributed by atoms with Gasteiger partial charge in [0.2, 0.25) is 0 Å². The summed E-state index contributed by atoms with van der Waals surface area (Å²) in [5.41, 5.74) is 2.14. The van der Waals surface area contributed by atoms with E-state index in [1.165, 1.54) is 6.92 Å². The lowest BCUT2D eigenvalue weighted by molar-refractivity contribution is 0.101. The molecule has 2 N–H and O–H groups in total. The molecule has 0 atom stereocenters. The van der Waals surface area contributed by atoms with Gasteiger partial charge in [-0.05, 0) is 57.2 Å². The fourth-order valence-electron chi connectivity index (χ4n) is 2.72. The third-order valence-electron chi connectivity index (χ3n) is 4.07. The predicted octanol–water partition coefficient (Wildman–Crippen LogP) is 4.38. The minimum atomic E-state index is -0.368. The van der Waals surface area contributed by atoms with Gasteiger partial charge >= 0.3 is 0 Å². The summed E-state index contributed by atoms with van der Waals surface area (Å²) >= 11 is 0. The molecule has 0 unspecified atom stereocenters. The number of ether oxygens (including phenoxy) is 1. The molecular formula is C22H22N4O3. The molecule has 2 aromatic carbocycles. The first-order chi connectivity index (χ1) is 14.0. The number of aryl methyl sites for hydroxylation is 1. The van der Waals surface area contributed by atoms with E-state index in [1.54, 1.807) is 37.3 Å². The summed E-state index contributed by atoms with van der Waals surface area (Å²) in [5.74, 6) is 1.25. The Kier molecular flexibility index (Phi) is 6.19. The van der Waals surface area contributed by atoms with E-state index < -0.39 is 0 Å². The Bertz CT molecular complexity index is 1030. The minimum Gasteiger partial charge on any atom is -0.492 e. The Hall–Kier alpha value is -3.74. The second-order valence-electron chi connectivity index (χ2n) is 6.33. The van der Waals surface area contributed by atoms with E-state index in [0.717, 1.165) is 5.69 Å². The molecule has 3 aromatic rings. The van der Waals surface area contributed by atoms with Gasteiger partial charge < -0.3 is 15.4 Å². The molecule has 0 radical (unpaired) electrons. The van der Waals surface area contributed by atoms with Crippen LogP contribution in [0.4, 0.5) is 17.2 Å². The molecular weight excluding hydrogens is 368 g/mol. The standard InChI is InChI=1S/C22H22N4O3/c1-4-29-20-8-6-5-7-18(20)26-21-13-19(23-15(3)24-21)22(28)25-17-11-9-16(10-12-17)14(2)27/h5-13H,4H2,1-3H3,(H,25,28)(H,23,24,26). The number of Topliss-reactive ketones (excluding diaryl/α,β-unsaturated/α-hetero) is 1. The molecule has 148 valence electrons. The normalized spacial score (nSPS) is 10.3. The van der Waals surface area contributed by atoms with Crippen molar-refractivity contribution < 1.29 is 14.3 Å². The third-order valence-corrected chi connectivity index (χ3v) is 4.07. The smallest absolute Gasteiger partial charge is 0.274 e. The molecule has 1 amide bonds. The molecule has 29 heavy (non-hydrogen) atoms. The van der Waals surface area contributed by atoms with E-state index in [1.807, 2.05) is 31.2 Å². The number of carbonyl (C=O) groups is 2. The first-order valence-electron chi connectivity index (χ1n) is 9.23. The highest BCUT2D eigenvalue weighted by Crippen LogP contribution is 2.27. The first-order valence-corrected chi connectivity index (χ1v) is 9.23. The quantitative estimate of drug-likeness (QED) is 0.582. The van der Waals surface area contributed by atoms with Crippen molar-refractivity contribution in [1.29, 1.82) is 0 Å². The number of para-hydroxylation sites is 2. The maximum absolute atomic E-state index is 12.6. The van der Waals surface area contributed by atoms with Crippen LogP contribution in [0.25, 0.3) is 0 Å². The van der Waals surface area contributed by atoms with Crippen molar-refractivity contribution in [2.45, 2.75) is 20.8 Å². The van der Waals surface area contributed by atoms with Crippen LogP contribution >= 0.6 is 0 Å². The van der Waals surface area contributed by atoms with Crippen molar-refractivity contribution in [2.75, 3.05) is 17.2 Å². The zero-order chi connectivity index (χ0) is 20.8. The van der Waals surface area contributed by atoms with Crippen LogP contribution in [0.2, 0.25) is 0 Å². The Morgan fingerprint density at radius 1 is 1.03 bits per heavy atom. The fourth-order valence-corrected chi connectivity index (χ4v) is 2.72. The van der Waals surface area contributed by atoms with Gasteiger partial charge in [0.05, 0.1) is 12.3 Å². The van der Waals surface area contributed by atoms with E-state index in [2.05, 4.69) is 20.6 Å². The van der Waals surface area contributed by atoms with Crippen LogP contribution in [-0.2, 0) is 0 Å². The Morgan fingerprint density at radius 2 is 1.76 bits per heavy atom. The Morgan fingerprint density at radius 3 is 2.45 bits per heavy atom. The lowest BCUT2D eigenvalue weighted by Crippen LogP contribution is -2.15. The van der Waals surface area contributed by atoms with Crippen LogP contribution in [0.5, 0.6) is 5.75 Å². The third kappa shape index (κ3) is 5.16. The van der Waals surface area contributed by atoms with Crippen LogP contribution in [0.15, 0.2) is 54.6 Å². The Balaban J connectivity index is 1.79. The molecule has 0 spiro atoms. The molecule has 7 heteroatoms. The minimum absolute atomic E-state index is 0.0302. The molecule has 0 aliphatic rings. The zero-order valence-electron chi connectivity index (χ0n) is 16.5. The molecule has 0 saturated carbocycles. The molecule has 1 aromatic heterocycles. The van der Waals surface area contributed by atoms with Gasteiger partial charge in [0.15, 0.2) is 5.78 Å². The van der Waals surface area contributed by atoms with E-state index in [0.29, 0.717) is 35.2 Å². The van der Waals surface area contributed by atoms with Crippen molar-refractivity contribution in [3.63, 3.8) is 0 Å². The highest BCUT2D eigenvalue weighted by molar-refractivity contribution is 6.03. The fraction of sp³-hybridized carbons (Fsp3) is 0.182. The van der Waals surface area contributed by atoms with Crippen LogP contribution in [-0.4, -0.2) is 28.3 Å². The molecule has 0 aliphatic heterocycles. The monoisotopic (exact) mass is 390 g/mol. The highest BCUT2D eigenvalue weighted by atomic mass is 16.5. The summed E-state index contributed by atoms with van der Waals surface area (Å²) < 4.78 is 5.61. The van der Waals surface area contributed by atoms with Crippen LogP contribution in [0, 0.1) is 6.92 Å². The maximum Gasteiger partial charge on any atom is 0.274 e. The first kappa shape index (κ1) is 20.0. The number of aromatic nitrogens is 2. The summed E-state index contributed by atoms with van der Waals surface area (Å²) in [6, 6.07) is 15.8. The van der Waals surface area contributed by atoms with Crippen molar-refractivity contribution in [1.82, 2.24) is 9.97 Å². The second-order valence-corrected chi connectivity index (χ2v) is 6.33. The lowest BCUT2D eigenvalue weighted by atomic mass is 10.1. The van der Waals surface area contributed by atoms with Gasteiger partial charge in [-0.15, -0.1) is 0 Å². The largest absolute Gasteiger partial charge is 0.492 e. The number of carbonyl (C=O) groups excluding carboxylic acids is 2. The average Bonchev–Trinajstić information content (AvgIpc) is 2.69. The van der Waals surface area contributed by atoms with E-state index in [9.17, 15) is 9.59 Å². The number of anilines is 3. The van der Waals surface area contributed by atoms with Crippen LogP contribution in [0.3, 0.4) is 0 Å². The average molecular weight is 390 g/mol.